The van der Waals surface area contributed by atoms with Gasteiger partial charge in [0.2, 0.25) is 0 Å². The summed E-state index contributed by atoms with van der Waals surface area (Å²) in [4.78, 5) is 8.58. The molecule has 0 unspecified atom stereocenters. The molecular weight excluding hydrogens is 236 g/mol. The molecule has 1 aromatic heterocycles. The Morgan fingerprint density at radius 3 is 2.59 bits per heavy atom. The van der Waals surface area contributed by atoms with E-state index in [2.05, 4.69) is 9.97 Å². The molecule has 0 saturated heterocycles. The first-order chi connectivity index (χ1) is 8.31. The molecule has 3 nitrogen and oxygen atoms in total. The Labute approximate surface area is 105 Å². The van der Waals surface area contributed by atoms with Crippen LogP contribution in [0.1, 0.15) is 17.1 Å². The molecule has 0 radical (unpaired) electrons. The Kier molecular flexibility index (Phi) is 3.94. The fourth-order valence-electron chi connectivity index (χ4n) is 1.53. The Morgan fingerprint density at radius 2 is 1.94 bits per heavy atom. The molecule has 17 heavy (non-hydrogen) atoms. The maximum Gasteiger partial charge on any atom is 0.132 e. The van der Waals surface area contributed by atoms with Gasteiger partial charge in [0.1, 0.15) is 11.6 Å². The minimum atomic E-state index is 0.415. The van der Waals surface area contributed by atoms with Gasteiger partial charge in [-0.05, 0) is 23.8 Å². The van der Waals surface area contributed by atoms with E-state index in [1.54, 1.807) is 13.3 Å². The van der Waals surface area contributed by atoms with E-state index in [1.807, 2.05) is 30.3 Å². The highest BCUT2D eigenvalue weighted by Crippen LogP contribution is 2.13. The molecule has 1 heterocycles. The predicted octanol–water partition coefficient (Wildman–Crippen LogP) is 2.81. The summed E-state index contributed by atoms with van der Waals surface area (Å²) in [6, 6.07) is 9.71. The van der Waals surface area contributed by atoms with Crippen LogP contribution >= 0.6 is 11.6 Å². The molecule has 0 amide bonds. The van der Waals surface area contributed by atoms with Crippen molar-refractivity contribution >= 4 is 11.6 Å². The lowest BCUT2D eigenvalue weighted by Crippen LogP contribution is -1.98. The third-order valence-corrected chi connectivity index (χ3v) is 2.70. The van der Waals surface area contributed by atoms with E-state index in [0.29, 0.717) is 12.3 Å². The predicted molar refractivity (Wildman–Crippen MR) is 67.4 cm³/mol. The van der Waals surface area contributed by atoms with Crippen LogP contribution in [-0.2, 0) is 12.3 Å². The van der Waals surface area contributed by atoms with Crippen LogP contribution in [0.4, 0.5) is 0 Å². The molecule has 2 aromatic rings. The number of methoxy groups -OCH3 is 1. The first kappa shape index (κ1) is 11.9. The largest absolute Gasteiger partial charge is 0.497 e. The summed E-state index contributed by atoms with van der Waals surface area (Å²) in [6.45, 7) is 0. The van der Waals surface area contributed by atoms with Gasteiger partial charge in [-0.25, -0.2) is 9.97 Å². The van der Waals surface area contributed by atoms with Crippen LogP contribution in [-0.4, -0.2) is 17.1 Å². The Hall–Kier alpha value is -1.61. The van der Waals surface area contributed by atoms with E-state index in [1.165, 1.54) is 0 Å². The zero-order valence-electron chi connectivity index (χ0n) is 9.56. The molecule has 0 saturated carbocycles. The van der Waals surface area contributed by atoms with Crippen LogP contribution in [0.15, 0.2) is 36.5 Å². The maximum absolute atomic E-state index is 5.73. The molecule has 0 atom stereocenters. The van der Waals surface area contributed by atoms with Gasteiger partial charge in [0.05, 0.1) is 18.7 Å². The molecule has 0 aliphatic carbocycles. The van der Waals surface area contributed by atoms with Gasteiger partial charge in [0, 0.05) is 12.6 Å². The lowest BCUT2D eigenvalue weighted by atomic mass is 10.1. The van der Waals surface area contributed by atoms with E-state index >= 15 is 0 Å². The van der Waals surface area contributed by atoms with Crippen molar-refractivity contribution in [1.29, 1.82) is 0 Å². The summed E-state index contributed by atoms with van der Waals surface area (Å²) < 4.78 is 5.11. The second-order valence-electron chi connectivity index (χ2n) is 3.62. The zero-order valence-corrected chi connectivity index (χ0v) is 10.3. The Bertz CT molecular complexity index is 485. The quantitative estimate of drug-likeness (QED) is 0.781. The summed E-state index contributed by atoms with van der Waals surface area (Å²) >= 11 is 5.73. The van der Waals surface area contributed by atoms with Crippen LogP contribution in [0.2, 0.25) is 0 Å². The fraction of sp³-hybridized carbons (Fsp3) is 0.231. The van der Waals surface area contributed by atoms with Crippen molar-refractivity contribution in [2.75, 3.05) is 7.11 Å². The first-order valence-electron chi connectivity index (χ1n) is 5.31. The van der Waals surface area contributed by atoms with Crippen molar-refractivity contribution in [3.63, 3.8) is 0 Å². The summed E-state index contributed by atoms with van der Waals surface area (Å²) in [5.41, 5.74) is 2.00. The van der Waals surface area contributed by atoms with Gasteiger partial charge in [0.15, 0.2) is 0 Å². The van der Waals surface area contributed by atoms with Crippen LogP contribution in [0.5, 0.6) is 5.75 Å². The second kappa shape index (κ2) is 5.64. The zero-order chi connectivity index (χ0) is 12.1. The summed E-state index contributed by atoms with van der Waals surface area (Å²) in [5, 5.41) is 0. The van der Waals surface area contributed by atoms with Crippen molar-refractivity contribution in [1.82, 2.24) is 9.97 Å². The number of hydrogen-bond donors (Lipinski definition) is 0. The fourth-order valence-corrected chi connectivity index (χ4v) is 1.68. The second-order valence-corrected chi connectivity index (χ2v) is 3.89. The Morgan fingerprint density at radius 1 is 1.18 bits per heavy atom. The highest BCUT2D eigenvalue weighted by molar-refractivity contribution is 6.16. The van der Waals surface area contributed by atoms with Gasteiger partial charge in [-0.3, -0.25) is 0 Å². The van der Waals surface area contributed by atoms with E-state index in [4.69, 9.17) is 16.3 Å². The van der Waals surface area contributed by atoms with E-state index in [9.17, 15) is 0 Å². The van der Waals surface area contributed by atoms with Crippen LogP contribution < -0.4 is 4.74 Å². The number of rotatable bonds is 4. The van der Waals surface area contributed by atoms with E-state index in [0.717, 1.165) is 22.8 Å². The number of alkyl halides is 1. The van der Waals surface area contributed by atoms with Crippen LogP contribution in [0.3, 0.4) is 0 Å². The average molecular weight is 249 g/mol. The summed E-state index contributed by atoms with van der Waals surface area (Å²) in [5.74, 6) is 2.05. The molecule has 0 bridgehead atoms. The van der Waals surface area contributed by atoms with Crippen molar-refractivity contribution in [2.24, 2.45) is 0 Å². The van der Waals surface area contributed by atoms with Gasteiger partial charge in [-0.15, -0.1) is 11.6 Å². The third-order valence-electron chi connectivity index (χ3n) is 2.42. The third kappa shape index (κ3) is 3.17. The number of benzene rings is 1. The van der Waals surface area contributed by atoms with Gasteiger partial charge >= 0.3 is 0 Å². The number of halogens is 1. The molecule has 0 aliphatic heterocycles. The first-order valence-corrected chi connectivity index (χ1v) is 5.85. The number of aromatic nitrogens is 2. The lowest BCUT2D eigenvalue weighted by Gasteiger charge is -2.03. The van der Waals surface area contributed by atoms with Crippen molar-refractivity contribution in [2.45, 2.75) is 12.3 Å². The van der Waals surface area contributed by atoms with Crippen LogP contribution in [0.25, 0.3) is 0 Å². The number of nitrogens with zero attached hydrogens (tertiary/aromatic N) is 2. The molecule has 0 spiro atoms. The molecular formula is C13H13ClN2O. The van der Waals surface area contributed by atoms with Gasteiger partial charge in [0.25, 0.3) is 0 Å². The standard InChI is InChI=1S/C13H13ClN2O/c1-17-12-4-2-10(3-5-12)8-13-15-7-6-11(9-14)16-13/h2-7H,8-9H2,1H3. The lowest BCUT2D eigenvalue weighted by molar-refractivity contribution is 0.414. The molecule has 0 fully saturated rings. The molecule has 88 valence electrons. The normalized spacial score (nSPS) is 10.2. The minimum absolute atomic E-state index is 0.415. The molecule has 1 aromatic carbocycles. The van der Waals surface area contributed by atoms with Crippen molar-refractivity contribution in [3.8, 4) is 5.75 Å². The highest BCUT2D eigenvalue weighted by Gasteiger charge is 2.01. The van der Waals surface area contributed by atoms with E-state index in [-0.39, 0.29) is 0 Å². The monoisotopic (exact) mass is 248 g/mol. The number of ether oxygens (including phenoxy) is 1. The average Bonchev–Trinajstić information content (AvgIpc) is 2.40. The molecule has 0 N–H and O–H groups in total. The van der Waals surface area contributed by atoms with Crippen molar-refractivity contribution in [3.05, 3.63) is 53.6 Å². The smallest absolute Gasteiger partial charge is 0.132 e. The van der Waals surface area contributed by atoms with Crippen LogP contribution in [0, 0.1) is 0 Å². The maximum atomic E-state index is 5.73. The van der Waals surface area contributed by atoms with Gasteiger partial charge < -0.3 is 4.74 Å². The molecule has 2 rings (SSSR count). The van der Waals surface area contributed by atoms with Crippen molar-refractivity contribution < 1.29 is 4.74 Å². The number of hydrogen-bond acceptors (Lipinski definition) is 3. The van der Waals surface area contributed by atoms with Gasteiger partial charge in [-0.1, -0.05) is 12.1 Å². The van der Waals surface area contributed by atoms with E-state index < -0.39 is 0 Å². The SMILES string of the molecule is COc1ccc(Cc2nccc(CCl)n2)cc1. The molecule has 4 heteroatoms. The minimum Gasteiger partial charge on any atom is -0.497 e. The highest BCUT2D eigenvalue weighted by atomic mass is 35.5. The topological polar surface area (TPSA) is 35.0 Å². The summed E-state index contributed by atoms with van der Waals surface area (Å²) in [7, 11) is 1.65. The Balaban J connectivity index is 2.13. The van der Waals surface area contributed by atoms with Gasteiger partial charge in [-0.2, -0.15) is 0 Å². The summed E-state index contributed by atoms with van der Waals surface area (Å²) in [6.07, 6.45) is 2.44. The molecule has 0 aliphatic rings.